The molecule has 1 aromatic heterocycles. The van der Waals surface area contributed by atoms with Crippen LogP contribution in [0.1, 0.15) is 16.5 Å². The van der Waals surface area contributed by atoms with Crippen molar-refractivity contribution in [2.45, 2.75) is 12.7 Å². The lowest BCUT2D eigenvalue weighted by molar-refractivity contribution is -0.0519. The van der Waals surface area contributed by atoms with Crippen molar-refractivity contribution in [1.29, 1.82) is 0 Å². The van der Waals surface area contributed by atoms with Crippen LogP contribution in [0.2, 0.25) is 0 Å². The number of rotatable bonds is 5. The third kappa shape index (κ3) is 4.14. The van der Waals surface area contributed by atoms with Crippen molar-refractivity contribution >= 4 is 43.0 Å². The summed E-state index contributed by atoms with van der Waals surface area (Å²) < 4.78 is 77.2. The molecule has 1 atom stereocenters. The lowest BCUT2D eigenvalue weighted by atomic mass is 9.91. The summed E-state index contributed by atoms with van der Waals surface area (Å²) >= 11 is 4.79. The van der Waals surface area contributed by atoms with Crippen molar-refractivity contribution in [3.05, 3.63) is 62.5 Å². The van der Waals surface area contributed by atoms with E-state index < -0.39 is 34.3 Å². The second-order valence-corrected chi connectivity index (χ2v) is 10.7. The monoisotopic (exact) mass is 519 g/mol. The molecule has 3 aromatic rings. The molecular weight excluding hydrogens is 507 g/mol. The third-order valence-electron chi connectivity index (χ3n) is 4.28. The number of sulfonamides is 1. The molecule has 1 N–H and O–H groups in total. The number of hydrogen-bond donors (Lipinski definition) is 1. The number of anilines is 1. The van der Waals surface area contributed by atoms with Gasteiger partial charge < -0.3 is 9.47 Å². The SMILES string of the molecule is CS(=O)(=O)Nc1ccc2c(c1)C(c1ccc(Br)s1)Oc1ccc(F)c(OC(F)F)c1-2. The van der Waals surface area contributed by atoms with Crippen LogP contribution in [0.25, 0.3) is 11.1 Å². The van der Waals surface area contributed by atoms with Crippen molar-refractivity contribution in [1.82, 2.24) is 0 Å². The van der Waals surface area contributed by atoms with Crippen molar-refractivity contribution in [2.75, 3.05) is 11.0 Å². The highest BCUT2D eigenvalue weighted by atomic mass is 79.9. The van der Waals surface area contributed by atoms with E-state index in [1.807, 2.05) is 12.1 Å². The minimum absolute atomic E-state index is 0.0445. The Bertz CT molecular complexity index is 1230. The Morgan fingerprint density at radius 1 is 1.20 bits per heavy atom. The molecular formula is C19H13BrF3NO4S2. The van der Waals surface area contributed by atoms with Crippen LogP contribution in [-0.2, 0) is 10.0 Å². The number of fused-ring (bicyclic) bond motifs is 3. The lowest BCUT2D eigenvalue weighted by Crippen LogP contribution is -2.17. The van der Waals surface area contributed by atoms with E-state index in [1.165, 1.54) is 35.6 Å². The predicted molar refractivity (Wildman–Crippen MR) is 111 cm³/mol. The highest BCUT2D eigenvalue weighted by molar-refractivity contribution is 9.11. The van der Waals surface area contributed by atoms with Crippen LogP contribution >= 0.6 is 27.3 Å². The van der Waals surface area contributed by atoms with Crippen LogP contribution in [0, 0.1) is 5.82 Å². The number of hydrogen-bond acceptors (Lipinski definition) is 5. The Balaban J connectivity index is 1.94. The van der Waals surface area contributed by atoms with Gasteiger partial charge in [-0.05, 0) is 57.9 Å². The summed E-state index contributed by atoms with van der Waals surface area (Å²) in [5.41, 5.74) is 1.19. The quantitative estimate of drug-likeness (QED) is 0.464. The molecule has 0 amide bonds. The molecule has 2 aromatic carbocycles. The van der Waals surface area contributed by atoms with Gasteiger partial charge in [0.05, 0.1) is 20.5 Å². The van der Waals surface area contributed by atoms with Crippen molar-refractivity contribution in [2.24, 2.45) is 0 Å². The number of thiophene rings is 1. The topological polar surface area (TPSA) is 64.6 Å². The van der Waals surface area contributed by atoms with E-state index in [1.54, 1.807) is 0 Å². The first-order chi connectivity index (χ1) is 14.1. The normalized spacial score (nSPS) is 15.3. The Morgan fingerprint density at radius 2 is 1.97 bits per heavy atom. The Hall–Kier alpha value is -2.24. The molecule has 0 saturated carbocycles. The molecule has 11 heteroatoms. The molecule has 0 spiro atoms. The minimum atomic E-state index is -3.55. The van der Waals surface area contributed by atoms with Crippen LogP contribution in [0.4, 0.5) is 18.9 Å². The Morgan fingerprint density at radius 3 is 2.60 bits per heavy atom. The molecule has 30 heavy (non-hydrogen) atoms. The first kappa shape index (κ1) is 21.0. The maximum atomic E-state index is 14.3. The second-order valence-electron chi connectivity index (χ2n) is 6.44. The van der Waals surface area contributed by atoms with Gasteiger partial charge in [-0.3, -0.25) is 4.72 Å². The fourth-order valence-electron chi connectivity index (χ4n) is 3.25. The van der Waals surface area contributed by atoms with E-state index in [0.717, 1.165) is 21.0 Å². The number of ether oxygens (including phenoxy) is 2. The van der Waals surface area contributed by atoms with E-state index in [0.29, 0.717) is 11.1 Å². The van der Waals surface area contributed by atoms with Gasteiger partial charge in [0, 0.05) is 11.3 Å². The van der Waals surface area contributed by atoms with Crippen molar-refractivity contribution < 1.29 is 31.1 Å². The summed E-state index contributed by atoms with van der Waals surface area (Å²) in [4.78, 5) is 0.783. The second kappa shape index (κ2) is 7.78. The van der Waals surface area contributed by atoms with Gasteiger partial charge in [-0.2, -0.15) is 8.78 Å². The molecule has 0 radical (unpaired) electrons. The molecule has 2 heterocycles. The van der Waals surface area contributed by atoms with E-state index >= 15 is 0 Å². The van der Waals surface area contributed by atoms with E-state index in [9.17, 15) is 21.6 Å². The average molecular weight is 520 g/mol. The molecule has 0 aliphatic carbocycles. The molecule has 5 nitrogen and oxygen atoms in total. The zero-order chi connectivity index (χ0) is 21.6. The zero-order valence-corrected chi connectivity index (χ0v) is 18.4. The smallest absolute Gasteiger partial charge is 0.387 e. The number of alkyl halides is 2. The maximum Gasteiger partial charge on any atom is 0.387 e. The van der Waals surface area contributed by atoms with Gasteiger partial charge in [-0.25, -0.2) is 12.8 Å². The highest BCUT2D eigenvalue weighted by Crippen LogP contribution is 2.51. The van der Waals surface area contributed by atoms with Crippen LogP contribution in [-0.4, -0.2) is 21.3 Å². The lowest BCUT2D eigenvalue weighted by Gasteiger charge is -2.30. The minimum Gasteiger partial charge on any atom is -0.479 e. The van der Waals surface area contributed by atoms with Gasteiger partial charge >= 0.3 is 6.61 Å². The fourth-order valence-corrected chi connectivity index (χ4v) is 5.28. The molecule has 0 fully saturated rings. The van der Waals surface area contributed by atoms with Gasteiger partial charge in [0.15, 0.2) is 17.7 Å². The van der Waals surface area contributed by atoms with Gasteiger partial charge in [0.25, 0.3) is 0 Å². The summed E-state index contributed by atoms with van der Waals surface area (Å²) in [7, 11) is -3.55. The molecule has 4 rings (SSSR count). The molecule has 1 unspecified atom stereocenters. The first-order valence-electron chi connectivity index (χ1n) is 8.43. The molecule has 1 aliphatic heterocycles. The summed E-state index contributed by atoms with van der Waals surface area (Å²) in [6.45, 7) is -3.23. The van der Waals surface area contributed by atoms with E-state index in [-0.39, 0.29) is 17.0 Å². The number of benzene rings is 2. The summed E-state index contributed by atoms with van der Waals surface area (Å²) in [6.07, 6.45) is 0.353. The van der Waals surface area contributed by atoms with E-state index in [2.05, 4.69) is 25.4 Å². The highest BCUT2D eigenvalue weighted by Gasteiger charge is 2.33. The Labute approximate surface area is 182 Å². The maximum absolute atomic E-state index is 14.3. The molecule has 1 aliphatic rings. The third-order valence-corrected chi connectivity index (χ3v) is 6.56. The predicted octanol–water partition coefficient (Wildman–Crippen LogP) is 5.77. The molecule has 158 valence electrons. The molecule has 0 saturated heterocycles. The van der Waals surface area contributed by atoms with Gasteiger partial charge in [-0.15, -0.1) is 11.3 Å². The Kier molecular flexibility index (Phi) is 5.45. The largest absolute Gasteiger partial charge is 0.479 e. The summed E-state index contributed by atoms with van der Waals surface area (Å²) in [5, 5.41) is 0. The fraction of sp³-hybridized carbons (Fsp3) is 0.158. The number of nitrogens with one attached hydrogen (secondary N) is 1. The standard InChI is InChI=1S/C19H13BrF3NO4S2/c1-30(25,26)24-9-2-3-10-11(8-9)17(14-6-7-15(20)29-14)27-13-5-4-12(21)18(16(10)13)28-19(22)23/h2-8,17,19,24H,1H3. The van der Waals surface area contributed by atoms with Gasteiger partial charge in [-0.1, -0.05) is 6.07 Å². The number of halogens is 4. The summed E-state index contributed by atoms with van der Waals surface area (Å²) in [5.74, 6) is -1.41. The zero-order valence-electron chi connectivity index (χ0n) is 15.2. The van der Waals surface area contributed by atoms with Crippen LogP contribution in [0.15, 0.2) is 46.3 Å². The molecule has 0 bridgehead atoms. The van der Waals surface area contributed by atoms with Gasteiger partial charge in [0.1, 0.15) is 5.75 Å². The first-order valence-corrected chi connectivity index (χ1v) is 11.9. The van der Waals surface area contributed by atoms with E-state index in [4.69, 9.17) is 4.74 Å². The van der Waals surface area contributed by atoms with Crippen LogP contribution in [0.5, 0.6) is 11.5 Å². The van der Waals surface area contributed by atoms with Gasteiger partial charge in [0.2, 0.25) is 10.0 Å². The average Bonchev–Trinajstić information content (AvgIpc) is 3.07. The summed E-state index contributed by atoms with van der Waals surface area (Å²) in [6, 6.07) is 10.5. The van der Waals surface area contributed by atoms with Crippen molar-refractivity contribution in [3.8, 4) is 22.6 Å². The van der Waals surface area contributed by atoms with Crippen LogP contribution < -0.4 is 14.2 Å². The van der Waals surface area contributed by atoms with Crippen LogP contribution in [0.3, 0.4) is 0 Å². The van der Waals surface area contributed by atoms with Crippen molar-refractivity contribution in [3.63, 3.8) is 0 Å².